The number of hydrogen-bond acceptors (Lipinski definition) is 9. The summed E-state index contributed by atoms with van der Waals surface area (Å²) in [5, 5.41) is 23.0. The van der Waals surface area contributed by atoms with Crippen LogP contribution in [0.2, 0.25) is 0 Å². The average molecular weight is 830 g/mol. The Balaban J connectivity index is 0.875. The second kappa shape index (κ2) is 12.2. The first-order valence-corrected chi connectivity index (χ1v) is 28.0. The maximum atomic E-state index is 4.70. The first kappa shape index (κ1) is 35.8. The van der Waals surface area contributed by atoms with Gasteiger partial charge in [0.1, 0.15) is 0 Å². The minimum absolute atomic E-state index is 0.0310. The molecule has 5 N–H and O–H groups in total. The first-order chi connectivity index (χ1) is 30.3. The van der Waals surface area contributed by atoms with Crippen LogP contribution in [0.1, 0.15) is 96.3 Å². The third-order valence-electron chi connectivity index (χ3n) is 26.0. The van der Waals surface area contributed by atoms with E-state index in [9.17, 15) is 0 Å². The van der Waals surface area contributed by atoms with E-state index in [1.54, 1.807) is 12.8 Å². The fraction of sp³-hybridized carbons (Fsp3) is 1.00. The van der Waals surface area contributed by atoms with Gasteiger partial charge in [-0.3, -0.25) is 19.6 Å². The van der Waals surface area contributed by atoms with Crippen molar-refractivity contribution in [1.82, 2.24) is 46.2 Å². The topological polar surface area (TPSA) is 73.1 Å². The Labute approximate surface area is 366 Å². The van der Waals surface area contributed by atoms with Gasteiger partial charge in [0.2, 0.25) is 0 Å². The van der Waals surface area contributed by atoms with Crippen molar-refractivity contribution in [2.45, 2.75) is 163 Å². The molecule has 0 aromatic rings. The van der Waals surface area contributed by atoms with Crippen molar-refractivity contribution in [1.29, 1.82) is 0 Å². The smallest absolute Gasteiger partial charge is 0.193 e. The van der Waals surface area contributed by atoms with Gasteiger partial charge in [0, 0.05) is 86.6 Å². The van der Waals surface area contributed by atoms with Crippen molar-refractivity contribution in [2.75, 3.05) is 52.4 Å². The minimum atomic E-state index is -0.0310. The van der Waals surface area contributed by atoms with Gasteiger partial charge in [0.15, 0.2) is 5.91 Å². The lowest BCUT2D eigenvalue weighted by Crippen LogP contribution is -2.82. The van der Waals surface area contributed by atoms with Crippen molar-refractivity contribution in [3.63, 3.8) is 0 Å². The van der Waals surface area contributed by atoms with E-state index < -0.39 is 0 Å². The molecule has 18 rings (SSSR count). The van der Waals surface area contributed by atoms with E-state index in [1.165, 1.54) is 136 Å². The van der Waals surface area contributed by atoms with Crippen LogP contribution >= 0.6 is 0 Å². The van der Waals surface area contributed by atoms with E-state index in [2.05, 4.69) is 40.9 Å². The molecule has 1 spiro atoms. The van der Waals surface area contributed by atoms with E-state index in [4.69, 9.17) is 5.32 Å². The molecule has 0 aromatic heterocycles. The number of nitrogens with zero attached hydrogens (tertiary/aromatic N) is 4. The second-order valence-corrected chi connectivity index (χ2v) is 26.8. The lowest BCUT2D eigenvalue weighted by Gasteiger charge is -2.69. The van der Waals surface area contributed by atoms with Gasteiger partial charge in [0.05, 0.1) is 0 Å². The fourth-order valence-electron chi connectivity index (χ4n) is 25.3. The lowest BCUT2D eigenvalue weighted by molar-refractivity contribution is -0.254. The maximum absolute atomic E-state index is 4.70. The minimum Gasteiger partial charge on any atom is -0.312 e. The second-order valence-electron chi connectivity index (χ2n) is 26.8. The Kier molecular flexibility index (Phi) is 7.16. The zero-order valence-corrected chi connectivity index (χ0v) is 37.2. The Hall–Kier alpha value is -0.360. The number of piperidine rings is 9. The van der Waals surface area contributed by atoms with Crippen LogP contribution in [0.3, 0.4) is 0 Å². The SMILES string of the molecule is C1CCC2C(C1)CC1CNC3C4NCC5CCCC6CN7C(C4C56)C4C3C1C2CN4C71N2CC3CCCC4CNC5C6NCC7C8CCCCC8NC8CN1C(C6C87)C2C5C43. The molecule has 0 bridgehead atoms. The van der Waals surface area contributed by atoms with Crippen LogP contribution in [0.15, 0.2) is 0 Å². The highest BCUT2D eigenvalue weighted by Crippen LogP contribution is 2.71. The summed E-state index contributed by atoms with van der Waals surface area (Å²) in [6.07, 6.45) is 22.5. The van der Waals surface area contributed by atoms with Crippen LogP contribution in [0, 0.1) is 107 Å². The standard InChI is InChI=1S/C52H79N9/c1-2-12-30-24(7-1)15-29-18-55-46-42-38(29)33(30)22-60-50(42)48-40-36-25(16-53-44(40)46)8-5-10-27(36)20-58(48)52(60)59-21-28-11-6-9-26-17-54-45-41(37(26)28)49(59)51-43-39-32(19-56-47(43)45)31-13-3-4-14-34(31)57-35(39)23-61(51)52/h24-51,53-57H,1-23H2. The zero-order chi connectivity index (χ0) is 38.8. The van der Waals surface area contributed by atoms with Gasteiger partial charge in [-0.25, -0.2) is 0 Å². The molecule has 11 heterocycles. The molecule has 7 aliphatic carbocycles. The van der Waals surface area contributed by atoms with E-state index in [0.29, 0.717) is 36.3 Å². The van der Waals surface area contributed by atoms with Gasteiger partial charge in [-0.1, -0.05) is 44.9 Å². The maximum Gasteiger partial charge on any atom is 0.193 e. The predicted octanol–water partition coefficient (Wildman–Crippen LogP) is 3.63. The van der Waals surface area contributed by atoms with Gasteiger partial charge in [-0.05, 0) is 184 Å². The highest BCUT2D eigenvalue weighted by Gasteiger charge is 2.84. The molecule has 332 valence electrons. The average Bonchev–Trinajstić information content (AvgIpc) is 3.77. The van der Waals surface area contributed by atoms with Gasteiger partial charge in [-0.2, -0.15) is 0 Å². The Morgan fingerprint density at radius 1 is 0.328 bits per heavy atom. The molecule has 11 aliphatic heterocycles. The monoisotopic (exact) mass is 830 g/mol. The largest absolute Gasteiger partial charge is 0.312 e. The zero-order valence-electron chi connectivity index (χ0n) is 37.2. The summed E-state index contributed by atoms with van der Waals surface area (Å²) in [7, 11) is 0. The molecule has 0 amide bonds. The van der Waals surface area contributed by atoms with Crippen LogP contribution < -0.4 is 26.6 Å². The van der Waals surface area contributed by atoms with Crippen LogP contribution in [-0.4, -0.2) is 138 Å². The summed E-state index contributed by atoms with van der Waals surface area (Å²) in [5.74, 6) is 16.1. The van der Waals surface area contributed by atoms with Gasteiger partial charge in [0.25, 0.3) is 0 Å². The Bertz CT molecular complexity index is 1860. The number of nitrogens with one attached hydrogen (secondary N) is 5. The van der Waals surface area contributed by atoms with E-state index in [-0.39, 0.29) is 5.91 Å². The highest BCUT2D eigenvalue weighted by atomic mass is 15.8. The van der Waals surface area contributed by atoms with Crippen molar-refractivity contribution >= 4 is 0 Å². The number of fused-ring (bicyclic) bond motifs is 10. The molecule has 29 unspecified atom stereocenters. The molecule has 61 heavy (non-hydrogen) atoms. The first-order valence-electron chi connectivity index (χ1n) is 28.0. The Morgan fingerprint density at radius 3 is 1.52 bits per heavy atom. The van der Waals surface area contributed by atoms with Crippen molar-refractivity contribution in [3.05, 3.63) is 0 Å². The van der Waals surface area contributed by atoms with E-state index >= 15 is 0 Å². The molecule has 0 radical (unpaired) electrons. The normalized spacial score (nSPS) is 67.3. The fourth-order valence-corrected chi connectivity index (χ4v) is 25.3. The molecule has 0 aromatic carbocycles. The molecule has 9 heteroatoms. The van der Waals surface area contributed by atoms with E-state index in [0.717, 1.165) is 131 Å². The molecular formula is C52H79N9. The summed E-state index contributed by atoms with van der Waals surface area (Å²) >= 11 is 0. The molecular weight excluding hydrogens is 751 g/mol. The quantitative estimate of drug-likeness (QED) is 0.252. The summed E-state index contributed by atoms with van der Waals surface area (Å²) in [6, 6.07) is 7.00. The van der Waals surface area contributed by atoms with Gasteiger partial charge >= 0.3 is 0 Å². The van der Waals surface area contributed by atoms with Gasteiger partial charge in [-0.15, -0.1) is 0 Å². The van der Waals surface area contributed by atoms with Crippen LogP contribution in [-0.2, 0) is 0 Å². The number of hydrogen-bond donors (Lipinski definition) is 5. The molecule has 18 aliphatic rings. The lowest BCUT2D eigenvalue weighted by atomic mass is 9.45. The molecule has 9 nitrogen and oxygen atoms in total. The summed E-state index contributed by atoms with van der Waals surface area (Å²) in [5.41, 5.74) is 0. The molecule has 18 fully saturated rings. The predicted molar refractivity (Wildman–Crippen MR) is 235 cm³/mol. The molecule has 29 atom stereocenters. The van der Waals surface area contributed by atoms with Crippen molar-refractivity contribution in [3.8, 4) is 0 Å². The van der Waals surface area contributed by atoms with Crippen molar-refractivity contribution in [2.24, 2.45) is 107 Å². The van der Waals surface area contributed by atoms with Crippen molar-refractivity contribution < 1.29 is 0 Å². The van der Waals surface area contributed by atoms with Gasteiger partial charge < -0.3 is 26.6 Å². The summed E-state index contributed by atoms with van der Waals surface area (Å²) < 4.78 is 0. The third kappa shape index (κ3) is 4.03. The summed E-state index contributed by atoms with van der Waals surface area (Å²) in [6.45, 7) is 10.9. The highest BCUT2D eigenvalue weighted by molar-refractivity contribution is 5.34. The van der Waals surface area contributed by atoms with E-state index in [1.807, 2.05) is 0 Å². The third-order valence-corrected chi connectivity index (χ3v) is 26.0. The van der Waals surface area contributed by atoms with Crippen LogP contribution in [0.5, 0.6) is 0 Å². The van der Waals surface area contributed by atoms with Crippen LogP contribution in [0.25, 0.3) is 0 Å². The molecule has 11 saturated heterocycles. The molecule has 7 saturated carbocycles. The van der Waals surface area contributed by atoms with Crippen LogP contribution in [0.4, 0.5) is 0 Å². The number of rotatable bonds is 0. The summed E-state index contributed by atoms with van der Waals surface area (Å²) in [4.78, 5) is 14.1. The Morgan fingerprint density at radius 2 is 0.836 bits per heavy atom.